The molecule has 2 aromatic rings. The third kappa shape index (κ3) is 2.50. The van der Waals surface area contributed by atoms with Gasteiger partial charge < -0.3 is 9.47 Å². The molecule has 1 aromatic heterocycles. The second-order valence-electron chi connectivity index (χ2n) is 4.78. The van der Waals surface area contributed by atoms with Gasteiger partial charge in [0, 0.05) is 18.4 Å². The van der Waals surface area contributed by atoms with Crippen molar-refractivity contribution in [2.75, 3.05) is 0 Å². The second-order valence-corrected chi connectivity index (χ2v) is 5.19. The number of hydrogen-bond acceptors (Lipinski definition) is 4. The average molecular weight is 292 g/mol. The highest BCUT2D eigenvalue weighted by molar-refractivity contribution is 6.32. The maximum atomic E-state index is 8.95. The number of benzene rings is 1. The van der Waals surface area contributed by atoms with Crippen LogP contribution in [0.5, 0.6) is 0 Å². The number of nitrogens with zero attached hydrogens (tertiary/aromatic N) is 3. The number of nitriles is 1. The van der Waals surface area contributed by atoms with E-state index in [2.05, 4.69) is 11.2 Å². The molecule has 20 heavy (non-hydrogen) atoms. The maximum absolute atomic E-state index is 8.95. The van der Waals surface area contributed by atoms with Crippen LogP contribution < -0.4 is 0 Å². The molecule has 0 spiro atoms. The molecule has 1 aliphatic rings. The number of ether oxygens (including phenoxy) is 2. The van der Waals surface area contributed by atoms with E-state index in [0.29, 0.717) is 10.6 Å². The Morgan fingerprint density at radius 2 is 2.25 bits per heavy atom. The first-order valence-electron chi connectivity index (χ1n) is 6.53. The van der Waals surface area contributed by atoms with Gasteiger partial charge in [-0.15, -0.1) is 0 Å². The lowest BCUT2D eigenvalue weighted by atomic mass is 10.2. The number of halogens is 1. The highest BCUT2D eigenvalue weighted by Crippen LogP contribution is 2.24. The summed E-state index contributed by atoms with van der Waals surface area (Å²) in [6.45, 7) is 2.65. The van der Waals surface area contributed by atoms with Gasteiger partial charge in [0.1, 0.15) is 6.07 Å². The van der Waals surface area contributed by atoms with Gasteiger partial charge in [0.25, 0.3) is 0 Å². The van der Waals surface area contributed by atoms with Crippen molar-refractivity contribution in [3.8, 4) is 6.07 Å². The minimum absolute atomic E-state index is 0.0752. The SMILES string of the molecule is CC1OC(CCCn2ncc3cc(C#N)c(Cl)cc32)O1. The van der Waals surface area contributed by atoms with Crippen LogP contribution >= 0.6 is 11.6 Å². The highest BCUT2D eigenvalue weighted by atomic mass is 35.5. The Bertz CT molecular complexity index is 671. The molecule has 0 unspecified atom stereocenters. The molecule has 0 radical (unpaired) electrons. The fraction of sp³-hybridized carbons (Fsp3) is 0.429. The van der Waals surface area contributed by atoms with Crippen molar-refractivity contribution in [3.05, 3.63) is 28.9 Å². The number of rotatable bonds is 4. The third-order valence-electron chi connectivity index (χ3n) is 3.35. The fourth-order valence-corrected chi connectivity index (χ4v) is 2.55. The standard InChI is InChI=1S/C14H14ClN3O2/c1-9-19-14(20-9)3-2-4-18-13-6-12(15)10(7-16)5-11(13)8-17-18/h5-6,8-9,14H,2-4H2,1H3. The summed E-state index contributed by atoms with van der Waals surface area (Å²) in [6, 6.07) is 5.63. The van der Waals surface area contributed by atoms with Crippen molar-refractivity contribution >= 4 is 22.5 Å². The molecular weight excluding hydrogens is 278 g/mol. The lowest BCUT2D eigenvalue weighted by molar-refractivity contribution is -0.377. The summed E-state index contributed by atoms with van der Waals surface area (Å²) in [6.07, 6.45) is 3.35. The molecule has 6 heteroatoms. The van der Waals surface area contributed by atoms with E-state index in [-0.39, 0.29) is 12.6 Å². The zero-order chi connectivity index (χ0) is 14.1. The van der Waals surface area contributed by atoms with E-state index in [9.17, 15) is 0 Å². The first-order chi connectivity index (χ1) is 9.67. The molecule has 2 heterocycles. The summed E-state index contributed by atoms with van der Waals surface area (Å²) in [5.74, 6) is 0. The van der Waals surface area contributed by atoms with Gasteiger partial charge in [-0.2, -0.15) is 10.4 Å². The van der Waals surface area contributed by atoms with E-state index < -0.39 is 0 Å². The summed E-state index contributed by atoms with van der Waals surface area (Å²) in [5.41, 5.74) is 1.42. The summed E-state index contributed by atoms with van der Waals surface area (Å²) in [4.78, 5) is 0. The van der Waals surface area contributed by atoms with E-state index in [4.69, 9.17) is 26.3 Å². The van der Waals surface area contributed by atoms with Crippen LogP contribution in [0.3, 0.4) is 0 Å². The Balaban J connectivity index is 1.69. The van der Waals surface area contributed by atoms with E-state index in [1.807, 2.05) is 11.6 Å². The molecule has 104 valence electrons. The molecule has 1 aromatic carbocycles. The quantitative estimate of drug-likeness (QED) is 0.868. The average Bonchev–Trinajstić information content (AvgIpc) is 2.78. The number of aryl methyl sites for hydroxylation is 1. The van der Waals surface area contributed by atoms with Crippen LogP contribution in [0.4, 0.5) is 0 Å². The maximum Gasteiger partial charge on any atom is 0.163 e. The monoisotopic (exact) mass is 291 g/mol. The molecule has 1 saturated heterocycles. The van der Waals surface area contributed by atoms with E-state index in [0.717, 1.165) is 30.3 Å². The van der Waals surface area contributed by atoms with E-state index >= 15 is 0 Å². The predicted molar refractivity (Wildman–Crippen MR) is 74.1 cm³/mol. The molecule has 3 rings (SSSR count). The molecule has 0 atom stereocenters. The number of fused-ring (bicyclic) bond motifs is 1. The molecule has 5 nitrogen and oxygen atoms in total. The van der Waals surface area contributed by atoms with Gasteiger partial charge in [0.15, 0.2) is 12.6 Å². The molecule has 1 fully saturated rings. The second kappa shape index (κ2) is 5.41. The van der Waals surface area contributed by atoms with Crippen molar-refractivity contribution in [1.29, 1.82) is 5.26 Å². The Morgan fingerprint density at radius 1 is 1.45 bits per heavy atom. The van der Waals surface area contributed by atoms with Crippen LogP contribution in [0.1, 0.15) is 25.3 Å². The van der Waals surface area contributed by atoms with Gasteiger partial charge in [0.2, 0.25) is 0 Å². The molecule has 0 saturated carbocycles. The van der Waals surface area contributed by atoms with Gasteiger partial charge >= 0.3 is 0 Å². The van der Waals surface area contributed by atoms with Gasteiger partial charge in [-0.1, -0.05) is 11.6 Å². The minimum atomic E-state index is -0.0828. The molecular formula is C14H14ClN3O2. The van der Waals surface area contributed by atoms with E-state index in [1.54, 1.807) is 18.3 Å². The van der Waals surface area contributed by atoms with Crippen LogP contribution in [-0.2, 0) is 16.0 Å². The molecule has 0 N–H and O–H groups in total. The molecule has 0 bridgehead atoms. The summed E-state index contributed by atoms with van der Waals surface area (Å²) in [7, 11) is 0. The lowest BCUT2D eigenvalue weighted by Gasteiger charge is -2.33. The first-order valence-corrected chi connectivity index (χ1v) is 6.91. The van der Waals surface area contributed by atoms with Crippen LogP contribution in [0, 0.1) is 11.3 Å². The zero-order valence-corrected chi connectivity index (χ0v) is 11.8. The lowest BCUT2D eigenvalue weighted by Crippen LogP contribution is -2.38. The highest BCUT2D eigenvalue weighted by Gasteiger charge is 2.25. The Hall–Kier alpha value is -1.61. The Kier molecular flexibility index (Phi) is 3.62. The number of hydrogen-bond donors (Lipinski definition) is 0. The van der Waals surface area contributed by atoms with Crippen molar-refractivity contribution in [2.45, 2.75) is 38.9 Å². The van der Waals surface area contributed by atoms with Crippen LogP contribution in [0.15, 0.2) is 18.3 Å². The van der Waals surface area contributed by atoms with Gasteiger partial charge in [0.05, 0.1) is 22.3 Å². The Morgan fingerprint density at radius 3 is 2.95 bits per heavy atom. The largest absolute Gasteiger partial charge is 0.324 e. The van der Waals surface area contributed by atoms with Gasteiger partial charge in [-0.3, -0.25) is 4.68 Å². The summed E-state index contributed by atoms with van der Waals surface area (Å²) in [5, 5.41) is 14.7. The van der Waals surface area contributed by atoms with Crippen molar-refractivity contribution in [1.82, 2.24) is 9.78 Å². The normalized spacial score (nSPS) is 21.6. The molecule has 1 aliphatic heterocycles. The minimum Gasteiger partial charge on any atom is -0.324 e. The van der Waals surface area contributed by atoms with Crippen molar-refractivity contribution in [3.63, 3.8) is 0 Å². The Labute approximate surface area is 121 Å². The summed E-state index contributed by atoms with van der Waals surface area (Å²) >= 11 is 6.06. The smallest absolute Gasteiger partial charge is 0.163 e. The van der Waals surface area contributed by atoms with E-state index in [1.165, 1.54) is 0 Å². The molecule has 0 amide bonds. The van der Waals surface area contributed by atoms with Gasteiger partial charge in [-0.25, -0.2) is 0 Å². The van der Waals surface area contributed by atoms with Crippen LogP contribution in [0.25, 0.3) is 10.9 Å². The summed E-state index contributed by atoms with van der Waals surface area (Å²) < 4.78 is 12.7. The van der Waals surface area contributed by atoms with Crippen LogP contribution in [0.2, 0.25) is 5.02 Å². The molecule has 0 aliphatic carbocycles. The fourth-order valence-electron chi connectivity index (χ4n) is 2.35. The van der Waals surface area contributed by atoms with Crippen molar-refractivity contribution < 1.29 is 9.47 Å². The van der Waals surface area contributed by atoms with Gasteiger partial charge in [-0.05, 0) is 25.5 Å². The zero-order valence-electron chi connectivity index (χ0n) is 11.0. The van der Waals surface area contributed by atoms with Crippen molar-refractivity contribution in [2.24, 2.45) is 0 Å². The third-order valence-corrected chi connectivity index (χ3v) is 3.66. The number of aromatic nitrogens is 2. The first kappa shape index (κ1) is 13.4. The topological polar surface area (TPSA) is 60.1 Å². The predicted octanol–water partition coefficient (Wildman–Crippen LogP) is 3.06. The van der Waals surface area contributed by atoms with Crippen LogP contribution in [-0.4, -0.2) is 22.4 Å².